The molecule has 0 amide bonds. The third-order valence-corrected chi connectivity index (χ3v) is 5.56. The summed E-state index contributed by atoms with van der Waals surface area (Å²) in [7, 11) is -3.36. The van der Waals surface area contributed by atoms with E-state index in [1.807, 2.05) is 11.4 Å². The second-order valence-corrected chi connectivity index (χ2v) is 7.34. The Labute approximate surface area is 124 Å². The Morgan fingerprint density at radius 1 is 1.35 bits per heavy atom. The third kappa shape index (κ3) is 4.30. The SMILES string of the molecule is NCC#Cc1csc(CNS(=O)(=O)N2CCCCC2)c1. The van der Waals surface area contributed by atoms with E-state index in [0.717, 1.165) is 29.7 Å². The van der Waals surface area contributed by atoms with Crippen molar-refractivity contribution >= 4 is 21.5 Å². The molecule has 0 atom stereocenters. The van der Waals surface area contributed by atoms with Crippen molar-refractivity contribution in [3.05, 3.63) is 21.9 Å². The number of hydrogen-bond donors (Lipinski definition) is 2. The van der Waals surface area contributed by atoms with Gasteiger partial charge >= 0.3 is 0 Å². The summed E-state index contributed by atoms with van der Waals surface area (Å²) in [5.41, 5.74) is 6.20. The van der Waals surface area contributed by atoms with E-state index in [2.05, 4.69) is 16.6 Å². The van der Waals surface area contributed by atoms with Crippen LogP contribution in [0.1, 0.15) is 29.7 Å². The van der Waals surface area contributed by atoms with Crippen LogP contribution in [0.4, 0.5) is 0 Å². The van der Waals surface area contributed by atoms with Gasteiger partial charge < -0.3 is 5.73 Å². The first-order valence-electron chi connectivity index (χ1n) is 6.63. The molecule has 0 radical (unpaired) electrons. The molecular formula is C13H19N3O2S2. The molecule has 0 bridgehead atoms. The fourth-order valence-electron chi connectivity index (χ4n) is 2.05. The first kappa shape index (κ1) is 15.5. The molecule has 1 aliphatic rings. The lowest BCUT2D eigenvalue weighted by Crippen LogP contribution is -2.43. The van der Waals surface area contributed by atoms with Crippen molar-refractivity contribution in [1.82, 2.24) is 9.03 Å². The predicted molar refractivity (Wildman–Crippen MR) is 81.4 cm³/mol. The molecular weight excluding hydrogens is 294 g/mol. The van der Waals surface area contributed by atoms with Crippen LogP contribution in [0, 0.1) is 11.8 Å². The molecule has 0 unspecified atom stereocenters. The minimum atomic E-state index is -3.36. The number of piperidine rings is 1. The van der Waals surface area contributed by atoms with E-state index >= 15 is 0 Å². The van der Waals surface area contributed by atoms with Crippen molar-refractivity contribution in [2.75, 3.05) is 19.6 Å². The number of thiophene rings is 1. The normalized spacial score (nSPS) is 16.6. The van der Waals surface area contributed by atoms with E-state index in [4.69, 9.17) is 5.73 Å². The summed E-state index contributed by atoms with van der Waals surface area (Å²) in [6.07, 6.45) is 3.00. The molecule has 3 N–H and O–H groups in total. The number of nitrogens with zero attached hydrogens (tertiary/aromatic N) is 1. The first-order chi connectivity index (χ1) is 9.62. The van der Waals surface area contributed by atoms with Crippen molar-refractivity contribution in [2.45, 2.75) is 25.8 Å². The monoisotopic (exact) mass is 313 g/mol. The Balaban J connectivity index is 1.92. The Kier molecular flexibility index (Phi) is 5.57. The molecule has 0 saturated carbocycles. The highest BCUT2D eigenvalue weighted by molar-refractivity contribution is 7.87. The van der Waals surface area contributed by atoms with Crippen LogP contribution in [-0.2, 0) is 16.8 Å². The van der Waals surface area contributed by atoms with Crippen LogP contribution >= 0.6 is 11.3 Å². The van der Waals surface area contributed by atoms with Crippen LogP contribution in [0.3, 0.4) is 0 Å². The van der Waals surface area contributed by atoms with Gasteiger partial charge in [0.25, 0.3) is 10.2 Å². The van der Waals surface area contributed by atoms with Gasteiger partial charge in [0.15, 0.2) is 0 Å². The van der Waals surface area contributed by atoms with E-state index in [1.54, 1.807) is 0 Å². The van der Waals surface area contributed by atoms with Gasteiger partial charge in [0.2, 0.25) is 0 Å². The van der Waals surface area contributed by atoms with Gasteiger partial charge in [-0.3, -0.25) is 0 Å². The summed E-state index contributed by atoms with van der Waals surface area (Å²) in [6.45, 7) is 1.88. The number of rotatable bonds is 4. The zero-order chi connectivity index (χ0) is 14.4. The second kappa shape index (κ2) is 7.20. The lowest BCUT2D eigenvalue weighted by Gasteiger charge is -2.25. The van der Waals surface area contributed by atoms with Gasteiger partial charge in [-0.1, -0.05) is 18.3 Å². The molecule has 5 nitrogen and oxygen atoms in total. The predicted octanol–water partition coefficient (Wildman–Crippen LogP) is 0.879. The van der Waals surface area contributed by atoms with Crippen LogP contribution in [0.15, 0.2) is 11.4 Å². The van der Waals surface area contributed by atoms with E-state index in [9.17, 15) is 8.42 Å². The molecule has 0 spiro atoms. The number of hydrogen-bond acceptors (Lipinski definition) is 4. The molecule has 7 heteroatoms. The first-order valence-corrected chi connectivity index (χ1v) is 8.95. The van der Waals surface area contributed by atoms with Gasteiger partial charge in [0, 0.05) is 35.5 Å². The zero-order valence-electron chi connectivity index (χ0n) is 11.3. The number of nitrogens with two attached hydrogens (primary N) is 1. The molecule has 1 aromatic heterocycles. The van der Waals surface area contributed by atoms with Crippen molar-refractivity contribution in [3.63, 3.8) is 0 Å². The quantitative estimate of drug-likeness (QED) is 0.810. The maximum absolute atomic E-state index is 12.1. The van der Waals surface area contributed by atoms with Crippen LogP contribution in [0.25, 0.3) is 0 Å². The summed E-state index contributed by atoms with van der Waals surface area (Å²) in [4.78, 5) is 0.951. The molecule has 1 aliphatic heterocycles. The summed E-state index contributed by atoms with van der Waals surface area (Å²) >= 11 is 1.50. The highest BCUT2D eigenvalue weighted by atomic mass is 32.2. The van der Waals surface area contributed by atoms with Gasteiger partial charge in [0.1, 0.15) is 0 Å². The molecule has 2 heterocycles. The molecule has 2 rings (SSSR count). The van der Waals surface area contributed by atoms with Crippen LogP contribution < -0.4 is 10.5 Å². The molecule has 1 saturated heterocycles. The number of nitrogens with one attached hydrogen (secondary N) is 1. The average molecular weight is 313 g/mol. The van der Waals surface area contributed by atoms with Crippen LogP contribution in [0.2, 0.25) is 0 Å². The fourth-order valence-corrected chi connectivity index (χ4v) is 4.16. The highest BCUT2D eigenvalue weighted by Crippen LogP contribution is 2.16. The molecule has 0 aliphatic carbocycles. The van der Waals surface area contributed by atoms with E-state index < -0.39 is 10.2 Å². The van der Waals surface area contributed by atoms with Gasteiger partial charge in [0.05, 0.1) is 6.54 Å². The van der Waals surface area contributed by atoms with Gasteiger partial charge in [-0.15, -0.1) is 11.3 Å². The Hall–Kier alpha value is -0.910. The molecule has 1 fully saturated rings. The Morgan fingerprint density at radius 2 is 2.10 bits per heavy atom. The van der Waals surface area contributed by atoms with Gasteiger partial charge in [-0.25, -0.2) is 0 Å². The minimum absolute atomic E-state index is 0.313. The van der Waals surface area contributed by atoms with Gasteiger partial charge in [-0.05, 0) is 18.9 Å². The van der Waals surface area contributed by atoms with E-state index in [-0.39, 0.29) is 0 Å². The van der Waals surface area contributed by atoms with Crippen molar-refractivity contribution < 1.29 is 8.42 Å². The second-order valence-electron chi connectivity index (χ2n) is 4.59. The largest absolute Gasteiger partial charge is 0.320 e. The smallest absolute Gasteiger partial charge is 0.279 e. The summed E-state index contributed by atoms with van der Waals surface area (Å²) in [5.74, 6) is 5.71. The van der Waals surface area contributed by atoms with Crippen molar-refractivity contribution in [1.29, 1.82) is 0 Å². The fraction of sp³-hybridized carbons (Fsp3) is 0.538. The van der Waals surface area contributed by atoms with Crippen molar-refractivity contribution in [3.8, 4) is 11.8 Å². The average Bonchev–Trinajstić information content (AvgIpc) is 2.92. The molecule has 1 aromatic rings. The molecule has 0 aromatic carbocycles. The van der Waals surface area contributed by atoms with Gasteiger partial charge in [-0.2, -0.15) is 17.4 Å². The lowest BCUT2D eigenvalue weighted by molar-refractivity contribution is 0.341. The zero-order valence-corrected chi connectivity index (χ0v) is 12.9. The maximum atomic E-state index is 12.1. The summed E-state index contributed by atoms with van der Waals surface area (Å²) < 4.78 is 28.4. The van der Waals surface area contributed by atoms with Crippen LogP contribution in [0.5, 0.6) is 0 Å². The molecule has 20 heavy (non-hydrogen) atoms. The van der Waals surface area contributed by atoms with E-state index in [1.165, 1.54) is 15.6 Å². The maximum Gasteiger partial charge on any atom is 0.279 e. The molecule has 110 valence electrons. The summed E-state index contributed by atoms with van der Waals surface area (Å²) in [5, 5.41) is 1.91. The standard InChI is InChI=1S/C13H19N3O2S2/c14-6-4-5-12-9-13(19-11-12)10-15-20(17,18)16-7-2-1-3-8-16/h9,11,15H,1-3,6-8,10,14H2. The van der Waals surface area contributed by atoms with Crippen molar-refractivity contribution in [2.24, 2.45) is 5.73 Å². The van der Waals surface area contributed by atoms with Crippen LogP contribution in [-0.4, -0.2) is 32.4 Å². The highest BCUT2D eigenvalue weighted by Gasteiger charge is 2.23. The topological polar surface area (TPSA) is 75.4 Å². The Bertz CT molecular complexity index is 593. The third-order valence-electron chi connectivity index (χ3n) is 3.07. The summed E-state index contributed by atoms with van der Waals surface area (Å²) in [6, 6.07) is 1.89. The Morgan fingerprint density at radius 3 is 2.80 bits per heavy atom. The minimum Gasteiger partial charge on any atom is -0.320 e. The van der Waals surface area contributed by atoms with E-state index in [0.29, 0.717) is 26.2 Å². The lowest BCUT2D eigenvalue weighted by atomic mass is 10.2.